The Morgan fingerprint density at radius 1 is 0.733 bits per heavy atom. The summed E-state index contributed by atoms with van der Waals surface area (Å²) < 4.78 is 0. The van der Waals surface area contributed by atoms with Crippen LogP contribution in [0, 0.1) is 0 Å². The summed E-state index contributed by atoms with van der Waals surface area (Å²) in [4.78, 5) is 51.8. The Morgan fingerprint density at radius 2 is 1.33 bits per heavy atom. The maximum absolute atomic E-state index is 12.5. The molecule has 0 saturated carbocycles. The van der Waals surface area contributed by atoms with Gasteiger partial charge >= 0.3 is 0 Å². The summed E-state index contributed by atoms with van der Waals surface area (Å²) in [5, 5.41) is 6.00. The van der Waals surface area contributed by atoms with Gasteiger partial charge in [0.25, 0.3) is 11.8 Å². The van der Waals surface area contributed by atoms with Gasteiger partial charge in [-0.15, -0.1) is 0 Å². The zero-order valence-corrected chi connectivity index (χ0v) is 16.3. The molecule has 0 bridgehead atoms. The summed E-state index contributed by atoms with van der Waals surface area (Å²) in [7, 11) is 0. The number of hydrazine groups is 1. The van der Waals surface area contributed by atoms with Gasteiger partial charge in [0.1, 0.15) is 5.69 Å². The molecule has 152 valence electrons. The molecule has 0 radical (unpaired) electrons. The van der Waals surface area contributed by atoms with Crippen LogP contribution in [0.1, 0.15) is 34.7 Å². The van der Waals surface area contributed by atoms with Crippen LogP contribution in [0.2, 0.25) is 0 Å². The first-order valence-electron chi connectivity index (χ1n) is 8.98. The molecule has 9 heteroatoms. The third kappa shape index (κ3) is 5.16. The second-order valence-corrected chi connectivity index (χ2v) is 6.46. The number of carbonyl (C=O) groups excluding carboxylic acids is 4. The average Bonchev–Trinajstić information content (AvgIpc) is 2.70. The smallest absolute Gasteiger partial charge is 0.288 e. The van der Waals surface area contributed by atoms with Crippen LogP contribution in [-0.4, -0.2) is 28.6 Å². The fourth-order valence-electron chi connectivity index (χ4n) is 2.75. The number of carbonyl (C=O) groups is 4. The van der Waals surface area contributed by atoms with E-state index in [4.69, 9.17) is 0 Å². The van der Waals surface area contributed by atoms with Crippen LogP contribution in [0.5, 0.6) is 0 Å². The lowest BCUT2D eigenvalue weighted by Gasteiger charge is -2.11. The number of aromatic nitrogens is 1. The second-order valence-electron chi connectivity index (χ2n) is 6.46. The molecule has 2 aromatic carbocycles. The van der Waals surface area contributed by atoms with Crippen LogP contribution in [-0.2, 0) is 9.59 Å². The van der Waals surface area contributed by atoms with Gasteiger partial charge in [0.15, 0.2) is 0 Å². The van der Waals surface area contributed by atoms with Gasteiger partial charge in [0, 0.05) is 36.2 Å². The lowest BCUT2D eigenvalue weighted by molar-refractivity contribution is -0.115. The number of nitrogens with zero attached hydrogens (tertiary/aromatic N) is 1. The Labute approximate surface area is 171 Å². The van der Waals surface area contributed by atoms with E-state index in [0.717, 1.165) is 5.39 Å². The molecule has 0 fully saturated rings. The largest absolute Gasteiger partial charge is 0.326 e. The van der Waals surface area contributed by atoms with Gasteiger partial charge in [-0.05, 0) is 30.3 Å². The Morgan fingerprint density at radius 3 is 1.97 bits per heavy atom. The third-order valence-electron chi connectivity index (χ3n) is 3.96. The van der Waals surface area contributed by atoms with E-state index in [1.165, 1.54) is 32.0 Å². The number of para-hydroxylation sites is 1. The maximum Gasteiger partial charge on any atom is 0.288 e. The molecule has 4 N–H and O–H groups in total. The van der Waals surface area contributed by atoms with Crippen molar-refractivity contribution in [3.8, 4) is 0 Å². The molecule has 0 aliphatic carbocycles. The molecule has 30 heavy (non-hydrogen) atoms. The first-order valence-corrected chi connectivity index (χ1v) is 8.98. The van der Waals surface area contributed by atoms with Crippen molar-refractivity contribution in [2.24, 2.45) is 0 Å². The molecule has 3 aromatic rings. The summed E-state index contributed by atoms with van der Waals surface area (Å²) in [6.45, 7) is 2.64. The van der Waals surface area contributed by atoms with E-state index in [2.05, 4.69) is 26.5 Å². The number of nitrogens with one attached hydrogen (secondary N) is 4. The summed E-state index contributed by atoms with van der Waals surface area (Å²) in [5.41, 5.74) is 6.16. The lowest BCUT2D eigenvalue weighted by atomic mass is 10.1. The third-order valence-corrected chi connectivity index (χ3v) is 3.96. The van der Waals surface area contributed by atoms with E-state index >= 15 is 0 Å². The number of amides is 4. The van der Waals surface area contributed by atoms with Gasteiger partial charge < -0.3 is 10.6 Å². The van der Waals surface area contributed by atoms with Gasteiger partial charge in [-0.25, -0.2) is 4.98 Å². The van der Waals surface area contributed by atoms with Gasteiger partial charge in [-0.1, -0.05) is 24.3 Å². The summed E-state index contributed by atoms with van der Waals surface area (Å²) in [6.07, 6.45) is 0. The lowest BCUT2D eigenvalue weighted by Crippen LogP contribution is -2.42. The first kappa shape index (κ1) is 20.5. The zero-order chi connectivity index (χ0) is 21.7. The molecule has 3 rings (SSSR count). The van der Waals surface area contributed by atoms with Crippen molar-refractivity contribution >= 4 is 45.9 Å². The van der Waals surface area contributed by atoms with E-state index in [0.29, 0.717) is 16.9 Å². The van der Waals surface area contributed by atoms with Gasteiger partial charge in [0.05, 0.1) is 5.52 Å². The highest BCUT2D eigenvalue weighted by Crippen LogP contribution is 2.19. The summed E-state index contributed by atoms with van der Waals surface area (Å²) in [6, 6.07) is 15.0. The summed E-state index contributed by atoms with van der Waals surface area (Å²) in [5.74, 6) is -1.90. The molecule has 0 aliphatic rings. The van der Waals surface area contributed by atoms with Crippen molar-refractivity contribution in [1.29, 1.82) is 0 Å². The van der Waals surface area contributed by atoms with Crippen molar-refractivity contribution in [2.75, 3.05) is 10.6 Å². The minimum atomic E-state index is -0.636. The molecule has 0 saturated heterocycles. The standard InChI is InChI=1S/C21H19N5O4/c1-12(27)22-16-9-15(10-17(11-16)23-13(2)28)20(29)25-26-21(30)19-8-7-14-5-3-4-6-18(14)24-19/h3-11H,1-2H3,(H,22,27)(H,23,28)(H,25,29)(H,26,30). The molecular weight excluding hydrogens is 386 g/mol. The first-order chi connectivity index (χ1) is 14.3. The van der Waals surface area contributed by atoms with Crippen molar-refractivity contribution in [3.05, 3.63) is 65.9 Å². The van der Waals surface area contributed by atoms with Crippen LogP contribution >= 0.6 is 0 Å². The Balaban J connectivity index is 1.74. The molecule has 0 atom stereocenters. The highest BCUT2D eigenvalue weighted by molar-refractivity contribution is 6.02. The SMILES string of the molecule is CC(=O)Nc1cc(NC(C)=O)cc(C(=O)NNC(=O)c2ccc3ccccc3n2)c1. The summed E-state index contributed by atoms with van der Waals surface area (Å²) >= 11 is 0. The minimum absolute atomic E-state index is 0.122. The monoisotopic (exact) mass is 405 g/mol. The van der Waals surface area contributed by atoms with E-state index in [1.54, 1.807) is 18.2 Å². The maximum atomic E-state index is 12.5. The Kier molecular flexibility index (Phi) is 6.02. The Hall–Kier alpha value is -4.27. The van der Waals surface area contributed by atoms with Crippen LogP contribution in [0.3, 0.4) is 0 Å². The predicted octanol–water partition coefficient (Wildman–Crippen LogP) is 2.23. The molecule has 1 heterocycles. The number of benzene rings is 2. The van der Waals surface area contributed by atoms with Gasteiger partial charge in [0.2, 0.25) is 11.8 Å². The predicted molar refractivity (Wildman–Crippen MR) is 112 cm³/mol. The molecule has 0 spiro atoms. The van der Waals surface area contributed by atoms with E-state index in [1.807, 2.05) is 18.2 Å². The van der Waals surface area contributed by atoms with E-state index in [-0.39, 0.29) is 23.1 Å². The van der Waals surface area contributed by atoms with Crippen LogP contribution < -0.4 is 21.5 Å². The number of anilines is 2. The number of pyridine rings is 1. The van der Waals surface area contributed by atoms with Crippen molar-refractivity contribution in [3.63, 3.8) is 0 Å². The molecule has 0 aliphatic heterocycles. The molecule has 4 amide bonds. The fourth-order valence-corrected chi connectivity index (χ4v) is 2.75. The van der Waals surface area contributed by atoms with Crippen molar-refractivity contribution in [2.45, 2.75) is 13.8 Å². The highest BCUT2D eigenvalue weighted by Gasteiger charge is 2.13. The Bertz CT molecular complexity index is 1120. The van der Waals surface area contributed by atoms with Crippen LogP contribution in [0.15, 0.2) is 54.6 Å². The number of fused-ring (bicyclic) bond motifs is 1. The topological polar surface area (TPSA) is 129 Å². The number of hydrogen-bond donors (Lipinski definition) is 4. The van der Waals surface area contributed by atoms with E-state index < -0.39 is 11.8 Å². The second kappa shape index (κ2) is 8.82. The van der Waals surface area contributed by atoms with Gasteiger partial charge in [-0.2, -0.15) is 0 Å². The van der Waals surface area contributed by atoms with Crippen molar-refractivity contribution < 1.29 is 19.2 Å². The number of hydrogen-bond acceptors (Lipinski definition) is 5. The van der Waals surface area contributed by atoms with Crippen molar-refractivity contribution in [1.82, 2.24) is 15.8 Å². The molecule has 0 unspecified atom stereocenters. The molecular formula is C21H19N5O4. The quantitative estimate of drug-likeness (QED) is 0.495. The highest BCUT2D eigenvalue weighted by atomic mass is 16.2. The molecule has 1 aromatic heterocycles. The number of rotatable bonds is 4. The normalized spacial score (nSPS) is 10.2. The zero-order valence-electron chi connectivity index (χ0n) is 16.3. The van der Waals surface area contributed by atoms with Crippen LogP contribution in [0.4, 0.5) is 11.4 Å². The molecule has 9 nitrogen and oxygen atoms in total. The van der Waals surface area contributed by atoms with Crippen LogP contribution in [0.25, 0.3) is 10.9 Å². The fraction of sp³-hybridized carbons (Fsp3) is 0.0952. The average molecular weight is 405 g/mol. The van der Waals surface area contributed by atoms with E-state index in [9.17, 15) is 19.2 Å². The minimum Gasteiger partial charge on any atom is -0.326 e. The van der Waals surface area contributed by atoms with Gasteiger partial charge in [-0.3, -0.25) is 30.0 Å².